The topological polar surface area (TPSA) is 64.6 Å². The van der Waals surface area contributed by atoms with Gasteiger partial charge in [0, 0.05) is 18.0 Å². The molecule has 5 nitrogen and oxygen atoms in total. The molecule has 0 aliphatic carbocycles. The van der Waals surface area contributed by atoms with Gasteiger partial charge in [0.25, 0.3) is 5.91 Å². The van der Waals surface area contributed by atoms with E-state index in [0.717, 1.165) is 42.2 Å². The lowest BCUT2D eigenvalue weighted by Crippen LogP contribution is -2.38. The van der Waals surface area contributed by atoms with Gasteiger partial charge in [-0.25, -0.2) is 0 Å². The van der Waals surface area contributed by atoms with Crippen molar-refractivity contribution < 1.29 is 9.90 Å². The van der Waals surface area contributed by atoms with E-state index in [1.807, 2.05) is 6.07 Å². The molecule has 0 spiro atoms. The smallest absolute Gasteiger partial charge is 0.256 e. The lowest BCUT2D eigenvalue weighted by atomic mass is 10.0. The Morgan fingerprint density at radius 3 is 3.04 bits per heavy atom. The molecule has 6 heteroatoms. The minimum atomic E-state index is -0.301. The molecule has 0 radical (unpaired) electrons. The number of phenols is 1. The summed E-state index contributed by atoms with van der Waals surface area (Å²) in [5.74, 6) is 0.183. The summed E-state index contributed by atoms with van der Waals surface area (Å²) in [6, 6.07) is 6.99. The van der Waals surface area contributed by atoms with Crippen molar-refractivity contribution in [1.82, 2.24) is 10.2 Å². The zero-order valence-electron chi connectivity index (χ0n) is 12.9. The number of amides is 1. The van der Waals surface area contributed by atoms with Crippen LogP contribution in [0.1, 0.15) is 39.5 Å². The van der Waals surface area contributed by atoms with Crippen LogP contribution in [0, 0.1) is 0 Å². The van der Waals surface area contributed by atoms with Gasteiger partial charge in [0.2, 0.25) is 0 Å². The first kappa shape index (κ1) is 14.5. The maximum absolute atomic E-state index is 12.6. The number of benzene rings is 1. The number of hydrogen-bond acceptors (Lipinski definition) is 5. The molecule has 1 aromatic carbocycles. The summed E-state index contributed by atoms with van der Waals surface area (Å²) < 4.78 is 0. The fourth-order valence-corrected chi connectivity index (χ4v) is 4.63. The van der Waals surface area contributed by atoms with E-state index >= 15 is 0 Å². The number of carbonyl (C=O) groups is 1. The monoisotopic (exact) mass is 329 g/mol. The number of rotatable bonds is 2. The summed E-state index contributed by atoms with van der Waals surface area (Å²) in [7, 11) is 0. The highest BCUT2D eigenvalue weighted by atomic mass is 32.1. The van der Waals surface area contributed by atoms with Gasteiger partial charge in [0.15, 0.2) is 0 Å². The molecule has 0 bridgehead atoms. The second kappa shape index (κ2) is 5.54. The van der Waals surface area contributed by atoms with Crippen molar-refractivity contribution in [3.05, 3.63) is 45.8 Å². The Balaban J connectivity index is 1.68. The molecule has 1 aromatic heterocycles. The first-order valence-electron chi connectivity index (χ1n) is 7.89. The van der Waals surface area contributed by atoms with Gasteiger partial charge in [0.05, 0.1) is 5.56 Å². The lowest BCUT2D eigenvalue weighted by Gasteiger charge is -2.28. The molecule has 0 saturated carbocycles. The summed E-state index contributed by atoms with van der Waals surface area (Å²) in [4.78, 5) is 16.3. The summed E-state index contributed by atoms with van der Waals surface area (Å²) in [5, 5.41) is 17.0. The normalized spacial score (nSPS) is 20.4. The van der Waals surface area contributed by atoms with Gasteiger partial charge in [-0.2, -0.15) is 0 Å². The van der Waals surface area contributed by atoms with Crippen LogP contribution in [0.4, 0.5) is 5.00 Å². The standard InChI is InChI=1S/C17H19N3O2S/c1-2-20-7-6-12-13(9-20)23-17-14(12)16(22)18-15(19-17)10-4-3-5-11(21)8-10/h3-5,8,15,19,21H,2,6-7,9H2,1H3,(H,18,22). The van der Waals surface area contributed by atoms with Crippen LogP contribution < -0.4 is 10.6 Å². The van der Waals surface area contributed by atoms with E-state index in [0.29, 0.717) is 0 Å². The Hall–Kier alpha value is -2.05. The second-order valence-electron chi connectivity index (χ2n) is 5.97. The third-order valence-electron chi connectivity index (χ3n) is 4.56. The van der Waals surface area contributed by atoms with Crippen molar-refractivity contribution in [2.24, 2.45) is 0 Å². The molecule has 0 saturated heterocycles. The first-order chi connectivity index (χ1) is 11.2. The predicted molar refractivity (Wildman–Crippen MR) is 90.9 cm³/mol. The van der Waals surface area contributed by atoms with Crippen LogP contribution in [-0.2, 0) is 13.0 Å². The average Bonchev–Trinajstić information content (AvgIpc) is 2.92. The van der Waals surface area contributed by atoms with E-state index in [-0.39, 0.29) is 17.8 Å². The Morgan fingerprint density at radius 1 is 1.39 bits per heavy atom. The highest BCUT2D eigenvalue weighted by molar-refractivity contribution is 7.16. The number of nitrogens with one attached hydrogen (secondary N) is 2. The molecule has 3 heterocycles. The van der Waals surface area contributed by atoms with E-state index in [4.69, 9.17) is 0 Å². The average molecular weight is 329 g/mol. The van der Waals surface area contributed by atoms with Crippen LogP contribution in [0.3, 0.4) is 0 Å². The summed E-state index contributed by atoms with van der Waals surface area (Å²) in [5.41, 5.74) is 2.87. The van der Waals surface area contributed by atoms with Gasteiger partial charge in [-0.1, -0.05) is 19.1 Å². The molecule has 1 unspecified atom stereocenters. The molecule has 1 atom stereocenters. The molecule has 2 aromatic rings. The van der Waals surface area contributed by atoms with Crippen molar-refractivity contribution in [3.63, 3.8) is 0 Å². The predicted octanol–water partition coefficient (Wildman–Crippen LogP) is 2.69. The van der Waals surface area contributed by atoms with Gasteiger partial charge in [-0.15, -0.1) is 11.3 Å². The third-order valence-corrected chi connectivity index (χ3v) is 5.71. The zero-order chi connectivity index (χ0) is 16.0. The second-order valence-corrected chi connectivity index (χ2v) is 7.08. The van der Waals surface area contributed by atoms with Crippen LogP contribution in [0.2, 0.25) is 0 Å². The molecular formula is C17H19N3O2S. The van der Waals surface area contributed by atoms with Crippen molar-refractivity contribution in [2.75, 3.05) is 18.4 Å². The number of nitrogens with zero attached hydrogens (tertiary/aromatic N) is 1. The van der Waals surface area contributed by atoms with Crippen molar-refractivity contribution in [2.45, 2.75) is 26.1 Å². The molecule has 23 heavy (non-hydrogen) atoms. The summed E-state index contributed by atoms with van der Waals surface area (Å²) in [6.07, 6.45) is 0.630. The Labute approximate surface area is 138 Å². The fourth-order valence-electron chi connectivity index (χ4n) is 3.31. The quantitative estimate of drug-likeness (QED) is 0.793. The maximum Gasteiger partial charge on any atom is 0.256 e. The van der Waals surface area contributed by atoms with Gasteiger partial charge in [-0.05, 0) is 36.2 Å². The van der Waals surface area contributed by atoms with E-state index in [9.17, 15) is 9.90 Å². The lowest BCUT2D eigenvalue weighted by molar-refractivity contribution is 0.0934. The van der Waals surface area contributed by atoms with Crippen molar-refractivity contribution in [1.29, 1.82) is 0 Å². The molecule has 1 amide bonds. The summed E-state index contributed by atoms with van der Waals surface area (Å²) >= 11 is 1.69. The number of aromatic hydroxyl groups is 1. The van der Waals surface area contributed by atoms with Gasteiger partial charge < -0.3 is 15.7 Å². The van der Waals surface area contributed by atoms with Crippen LogP contribution in [0.25, 0.3) is 0 Å². The highest BCUT2D eigenvalue weighted by Gasteiger charge is 2.33. The van der Waals surface area contributed by atoms with Gasteiger partial charge in [-0.3, -0.25) is 9.69 Å². The Bertz CT molecular complexity index is 771. The number of anilines is 1. The third kappa shape index (κ3) is 2.48. The van der Waals surface area contributed by atoms with E-state index in [2.05, 4.69) is 22.5 Å². The van der Waals surface area contributed by atoms with Crippen molar-refractivity contribution in [3.8, 4) is 5.75 Å². The molecule has 120 valence electrons. The van der Waals surface area contributed by atoms with Gasteiger partial charge >= 0.3 is 0 Å². The number of phenolic OH excluding ortho intramolecular Hbond substituents is 1. The van der Waals surface area contributed by atoms with E-state index in [1.165, 1.54) is 10.4 Å². The molecule has 4 rings (SSSR count). The summed E-state index contributed by atoms with van der Waals surface area (Å²) in [6.45, 7) is 5.14. The number of fused-ring (bicyclic) bond motifs is 3. The fraction of sp³-hybridized carbons (Fsp3) is 0.353. The number of likely N-dealkylation sites (N-methyl/N-ethyl adjacent to an activating group) is 1. The number of carbonyl (C=O) groups excluding carboxylic acids is 1. The van der Waals surface area contributed by atoms with E-state index in [1.54, 1.807) is 29.5 Å². The van der Waals surface area contributed by atoms with Crippen molar-refractivity contribution >= 4 is 22.2 Å². The van der Waals surface area contributed by atoms with Crippen LogP contribution >= 0.6 is 11.3 Å². The number of thiophene rings is 1. The van der Waals surface area contributed by atoms with Crippen LogP contribution in [-0.4, -0.2) is 29.0 Å². The molecule has 3 N–H and O–H groups in total. The molecule has 2 aliphatic heterocycles. The maximum atomic E-state index is 12.6. The Morgan fingerprint density at radius 2 is 2.26 bits per heavy atom. The minimum absolute atomic E-state index is 0.0189. The number of hydrogen-bond donors (Lipinski definition) is 3. The molecule has 2 aliphatic rings. The first-order valence-corrected chi connectivity index (χ1v) is 8.70. The van der Waals surface area contributed by atoms with Crippen LogP contribution in [0.5, 0.6) is 5.75 Å². The molecular weight excluding hydrogens is 310 g/mol. The van der Waals surface area contributed by atoms with E-state index < -0.39 is 0 Å². The highest BCUT2D eigenvalue weighted by Crippen LogP contribution is 2.40. The zero-order valence-corrected chi connectivity index (χ0v) is 13.7. The molecule has 0 fully saturated rings. The van der Waals surface area contributed by atoms with Crippen LogP contribution in [0.15, 0.2) is 24.3 Å². The Kier molecular flexibility index (Phi) is 3.50. The SMILES string of the molecule is CCN1CCc2c(sc3c2C(=O)NC(c2cccc(O)c2)N3)C1. The largest absolute Gasteiger partial charge is 0.508 e. The van der Waals surface area contributed by atoms with Gasteiger partial charge in [0.1, 0.15) is 16.9 Å². The minimum Gasteiger partial charge on any atom is -0.508 e.